The van der Waals surface area contributed by atoms with Crippen molar-refractivity contribution in [1.29, 1.82) is 0 Å². The van der Waals surface area contributed by atoms with Crippen LogP contribution in [0.3, 0.4) is 0 Å². The number of amides is 1. The molecule has 1 amide bonds. The summed E-state index contributed by atoms with van der Waals surface area (Å²) in [6.45, 7) is 0.441. The average molecular weight is 282 g/mol. The third kappa shape index (κ3) is 2.65. The van der Waals surface area contributed by atoms with Gasteiger partial charge < -0.3 is 9.88 Å². The molecule has 0 saturated carbocycles. The zero-order chi connectivity index (χ0) is 14.8. The van der Waals surface area contributed by atoms with Crippen LogP contribution in [-0.2, 0) is 6.54 Å². The highest BCUT2D eigenvalue weighted by Crippen LogP contribution is 2.19. The molecule has 0 aliphatic heterocycles. The number of nitrogens with one attached hydrogen (secondary N) is 1. The number of aromatic nitrogens is 1. The average Bonchev–Trinajstić information content (AvgIpc) is 2.97. The van der Waals surface area contributed by atoms with Crippen molar-refractivity contribution in [1.82, 2.24) is 9.88 Å². The molecule has 0 aliphatic rings. The van der Waals surface area contributed by atoms with E-state index >= 15 is 0 Å². The summed E-state index contributed by atoms with van der Waals surface area (Å²) < 4.78 is 12.9. The van der Waals surface area contributed by atoms with Gasteiger partial charge in [-0.1, -0.05) is 24.3 Å². The molecule has 21 heavy (non-hydrogen) atoms. The molecule has 3 rings (SSSR count). The van der Waals surface area contributed by atoms with Gasteiger partial charge in [0.1, 0.15) is 5.82 Å². The Morgan fingerprint density at radius 3 is 2.67 bits per heavy atom. The molecule has 1 aromatic heterocycles. The van der Waals surface area contributed by atoms with E-state index in [-0.39, 0.29) is 11.7 Å². The van der Waals surface area contributed by atoms with Crippen LogP contribution in [-0.4, -0.2) is 22.8 Å². The number of aromatic amines is 1. The standard InChI is InChI=1S/C17H15FN2O/c1-20(11-12-5-7-14(18)8-6-12)17(21)15-4-2-3-13-9-10-19-16(13)15/h2-10,19H,11H2,1H3. The molecular formula is C17H15FN2O. The molecular weight excluding hydrogens is 267 g/mol. The van der Waals surface area contributed by atoms with Gasteiger partial charge in [0, 0.05) is 25.2 Å². The third-order valence-corrected chi connectivity index (χ3v) is 3.50. The minimum atomic E-state index is -0.274. The van der Waals surface area contributed by atoms with Gasteiger partial charge in [0.25, 0.3) is 5.91 Å². The number of benzene rings is 2. The fourth-order valence-corrected chi connectivity index (χ4v) is 2.40. The molecule has 1 N–H and O–H groups in total. The predicted molar refractivity (Wildman–Crippen MR) is 80.5 cm³/mol. The van der Waals surface area contributed by atoms with E-state index in [2.05, 4.69) is 4.98 Å². The van der Waals surface area contributed by atoms with Crippen molar-refractivity contribution in [3.8, 4) is 0 Å². The van der Waals surface area contributed by atoms with Crippen LogP contribution in [0, 0.1) is 5.82 Å². The molecule has 3 aromatic rings. The van der Waals surface area contributed by atoms with Gasteiger partial charge in [-0.2, -0.15) is 0 Å². The van der Waals surface area contributed by atoms with Gasteiger partial charge in [0.2, 0.25) is 0 Å². The van der Waals surface area contributed by atoms with E-state index in [0.717, 1.165) is 16.5 Å². The number of hydrogen-bond acceptors (Lipinski definition) is 1. The number of carbonyl (C=O) groups is 1. The minimum absolute atomic E-state index is 0.0626. The van der Waals surface area contributed by atoms with Crippen molar-refractivity contribution in [3.05, 3.63) is 71.7 Å². The lowest BCUT2D eigenvalue weighted by atomic mass is 10.1. The molecule has 2 aromatic carbocycles. The van der Waals surface area contributed by atoms with E-state index in [1.165, 1.54) is 12.1 Å². The lowest BCUT2D eigenvalue weighted by Gasteiger charge is -2.17. The van der Waals surface area contributed by atoms with Crippen LogP contribution >= 0.6 is 0 Å². The van der Waals surface area contributed by atoms with E-state index < -0.39 is 0 Å². The summed E-state index contributed by atoms with van der Waals surface area (Å²) in [7, 11) is 1.74. The largest absolute Gasteiger partial charge is 0.361 e. The summed E-state index contributed by atoms with van der Waals surface area (Å²) in [5.41, 5.74) is 2.38. The topological polar surface area (TPSA) is 36.1 Å². The van der Waals surface area contributed by atoms with Gasteiger partial charge in [-0.15, -0.1) is 0 Å². The normalized spacial score (nSPS) is 10.8. The highest BCUT2D eigenvalue weighted by molar-refractivity contribution is 6.05. The molecule has 0 saturated heterocycles. The number of hydrogen-bond donors (Lipinski definition) is 1. The fourth-order valence-electron chi connectivity index (χ4n) is 2.40. The number of H-pyrrole nitrogens is 1. The summed E-state index contributed by atoms with van der Waals surface area (Å²) in [5, 5.41) is 1.01. The quantitative estimate of drug-likeness (QED) is 0.783. The number of carbonyl (C=O) groups excluding carboxylic acids is 1. The molecule has 0 atom stereocenters. The monoisotopic (exact) mass is 282 g/mol. The SMILES string of the molecule is CN(Cc1ccc(F)cc1)C(=O)c1cccc2cc[nH]c12. The van der Waals surface area contributed by atoms with E-state index in [1.54, 1.807) is 24.1 Å². The first-order chi connectivity index (χ1) is 10.1. The lowest BCUT2D eigenvalue weighted by Crippen LogP contribution is -2.26. The van der Waals surface area contributed by atoms with Crippen molar-refractivity contribution >= 4 is 16.8 Å². The smallest absolute Gasteiger partial charge is 0.256 e. The van der Waals surface area contributed by atoms with Crippen LogP contribution in [0.5, 0.6) is 0 Å². The van der Waals surface area contributed by atoms with Gasteiger partial charge in [0.05, 0.1) is 11.1 Å². The van der Waals surface area contributed by atoms with Crippen LogP contribution < -0.4 is 0 Å². The maximum absolute atomic E-state index is 12.9. The van der Waals surface area contributed by atoms with Crippen LogP contribution in [0.25, 0.3) is 10.9 Å². The third-order valence-electron chi connectivity index (χ3n) is 3.50. The second-order valence-electron chi connectivity index (χ2n) is 5.04. The molecule has 0 radical (unpaired) electrons. The number of fused-ring (bicyclic) bond motifs is 1. The molecule has 0 fully saturated rings. The van der Waals surface area contributed by atoms with Crippen LogP contribution in [0.2, 0.25) is 0 Å². The number of rotatable bonds is 3. The van der Waals surface area contributed by atoms with E-state index in [1.807, 2.05) is 30.5 Å². The van der Waals surface area contributed by atoms with Crippen molar-refractivity contribution in [3.63, 3.8) is 0 Å². The molecule has 0 unspecified atom stereocenters. The Labute approximate surface area is 122 Å². The summed E-state index contributed by atoms with van der Waals surface area (Å²) >= 11 is 0. The number of nitrogens with zero attached hydrogens (tertiary/aromatic N) is 1. The molecule has 1 heterocycles. The predicted octanol–water partition coefficient (Wildman–Crippen LogP) is 3.58. The Hall–Kier alpha value is -2.62. The highest BCUT2D eigenvalue weighted by Gasteiger charge is 2.15. The number of para-hydroxylation sites is 1. The Morgan fingerprint density at radius 2 is 1.90 bits per heavy atom. The van der Waals surface area contributed by atoms with Gasteiger partial charge in [-0.3, -0.25) is 4.79 Å². The van der Waals surface area contributed by atoms with Crippen LogP contribution in [0.1, 0.15) is 15.9 Å². The Morgan fingerprint density at radius 1 is 1.14 bits per heavy atom. The Balaban J connectivity index is 1.84. The first-order valence-electron chi connectivity index (χ1n) is 6.71. The van der Waals surface area contributed by atoms with Gasteiger partial charge >= 0.3 is 0 Å². The van der Waals surface area contributed by atoms with E-state index in [9.17, 15) is 9.18 Å². The van der Waals surface area contributed by atoms with Crippen molar-refractivity contribution in [2.45, 2.75) is 6.54 Å². The zero-order valence-corrected chi connectivity index (χ0v) is 11.6. The maximum atomic E-state index is 12.9. The van der Waals surface area contributed by atoms with Crippen molar-refractivity contribution in [2.24, 2.45) is 0 Å². The molecule has 106 valence electrons. The highest BCUT2D eigenvalue weighted by atomic mass is 19.1. The molecule has 0 bridgehead atoms. The van der Waals surface area contributed by atoms with Gasteiger partial charge in [-0.25, -0.2) is 4.39 Å². The zero-order valence-electron chi connectivity index (χ0n) is 11.6. The first-order valence-corrected chi connectivity index (χ1v) is 6.71. The van der Waals surface area contributed by atoms with Crippen molar-refractivity contribution in [2.75, 3.05) is 7.05 Å². The summed E-state index contributed by atoms with van der Waals surface area (Å²) in [4.78, 5) is 17.3. The van der Waals surface area contributed by atoms with Crippen LogP contribution in [0.15, 0.2) is 54.7 Å². The first kappa shape index (κ1) is 13.4. The summed E-state index contributed by atoms with van der Waals surface area (Å²) in [5.74, 6) is -0.337. The van der Waals surface area contributed by atoms with E-state index in [0.29, 0.717) is 12.1 Å². The van der Waals surface area contributed by atoms with Crippen LogP contribution in [0.4, 0.5) is 4.39 Å². The molecule has 3 nitrogen and oxygen atoms in total. The second kappa shape index (κ2) is 5.40. The van der Waals surface area contributed by atoms with Crippen molar-refractivity contribution < 1.29 is 9.18 Å². The molecule has 0 aliphatic carbocycles. The molecule has 0 spiro atoms. The van der Waals surface area contributed by atoms with Gasteiger partial charge in [0.15, 0.2) is 0 Å². The minimum Gasteiger partial charge on any atom is -0.361 e. The fraction of sp³-hybridized carbons (Fsp3) is 0.118. The Kier molecular flexibility index (Phi) is 3.44. The lowest BCUT2D eigenvalue weighted by molar-refractivity contribution is 0.0787. The second-order valence-corrected chi connectivity index (χ2v) is 5.04. The van der Waals surface area contributed by atoms with E-state index in [4.69, 9.17) is 0 Å². The summed E-state index contributed by atoms with van der Waals surface area (Å²) in [6, 6.07) is 13.8. The maximum Gasteiger partial charge on any atom is 0.256 e. The van der Waals surface area contributed by atoms with Gasteiger partial charge in [-0.05, 0) is 29.8 Å². The molecule has 4 heteroatoms. The number of halogens is 1. The summed E-state index contributed by atoms with van der Waals surface area (Å²) in [6.07, 6.45) is 1.82. The Bertz CT molecular complexity index is 777.